The van der Waals surface area contributed by atoms with Gasteiger partial charge in [0.25, 0.3) is 0 Å². The maximum absolute atomic E-state index is 12.2. The summed E-state index contributed by atoms with van der Waals surface area (Å²) in [6.07, 6.45) is 3.10. The van der Waals surface area contributed by atoms with Gasteiger partial charge in [-0.1, -0.05) is 41.1 Å². The van der Waals surface area contributed by atoms with Crippen LogP contribution < -0.4 is 10.6 Å². The summed E-state index contributed by atoms with van der Waals surface area (Å²) < 4.78 is 0.838. The fraction of sp³-hybridized carbons (Fsp3) is 0.357. The number of hydrogen-bond acceptors (Lipinski definition) is 6. The van der Waals surface area contributed by atoms with Crippen LogP contribution >= 0.6 is 34.7 Å². The lowest BCUT2D eigenvalue weighted by Crippen LogP contribution is -2.43. The molecular formula is C14H15ClN4OS2. The number of hydrogen-bond donors (Lipinski definition) is 2. The number of anilines is 1. The second-order valence-corrected chi connectivity index (χ2v) is 7.47. The predicted molar refractivity (Wildman–Crippen MR) is 89.8 cm³/mol. The van der Waals surface area contributed by atoms with Crippen molar-refractivity contribution in [2.75, 3.05) is 11.9 Å². The van der Waals surface area contributed by atoms with E-state index in [0.717, 1.165) is 35.0 Å². The second kappa shape index (κ2) is 7.41. The largest absolute Gasteiger partial charge is 0.325 e. The summed E-state index contributed by atoms with van der Waals surface area (Å²) in [5.41, 5.74) is 2.39. The highest BCUT2D eigenvalue weighted by Gasteiger charge is 2.20. The van der Waals surface area contributed by atoms with Crippen molar-refractivity contribution in [3.63, 3.8) is 0 Å². The SMILES string of the molecule is O=C(Nc1ccc(Sc2nncs2)c(Cl)c1)C1CCCCN1. The third-order valence-corrected chi connectivity index (χ3v) is 5.64. The van der Waals surface area contributed by atoms with Crippen LogP contribution in [0, 0.1) is 0 Å². The Hall–Kier alpha value is -1.15. The molecule has 22 heavy (non-hydrogen) atoms. The Morgan fingerprint density at radius 3 is 3.05 bits per heavy atom. The molecule has 3 rings (SSSR count). The number of halogens is 1. The third kappa shape index (κ3) is 3.98. The van der Waals surface area contributed by atoms with Crippen molar-refractivity contribution >= 4 is 46.3 Å². The molecular weight excluding hydrogens is 340 g/mol. The number of carbonyl (C=O) groups is 1. The summed E-state index contributed by atoms with van der Waals surface area (Å²) in [6, 6.07) is 5.41. The van der Waals surface area contributed by atoms with Gasteiger partial charge in [0.05, 0.1) is 11.1 Å². The molecule has 0 bridgehead atoms. The first-order chi connectivity index (χ1) is 10.7. The first-order valence-electron chi connectivity index (χ1n) is 7.00. The molecule has 1 aliphatic heterocycles. The average Bonchev–Trinajstić information content (AvgIpc) is 3.04. The molecule has 1 aromatic carbocycles. The van der Waals surface area contributed by atoms with Crippen LogP contribution in [0.15, 0.2) is 32.9 Å². The van der Waals surface area contributed by atoms with Crippen molar-refractivity contribution in [3.8, 4) is 0 Å². The van der Waals surface area contributed by atoms with Gasteiger partial charge in [0.1, 0.15) is 5.51 Å². The minimum atomic E-state index is -0.108. The first kappa shape index (κ1) is 15.7. The number of rotatable bonds is 4. The summed E-state index contributed by atoms with van der Waals surface area (Å²) in [5.74, 6) is 0.000271. The van der Waals surface area contributed by atoms with Crippen molar-refractivity contribution in [1.29, 1.82) is 0 Å². The Morgan fingerprint density at radius 1 is 1.45 bits per heavy atom. The smallest absolute Gasteiger partial charge is 0.241 e. The molecule has 116 valence electrons. The molecule has 1 amide bonds. The number of benzene rings is 1. The standard InChI is InChI=1S/C14H15ClN4OS2/c15-10-7-9(18-13(20)11-3-1-2-6-16-11)4-5-12(10)22-14-19-17-8-21-14/h4-5,7-8,11,16H,1-3,6H2,(H,18,20). The fourth-order valence-corrected chi connectivity index (χ4v) is 4.00. The van der Waals surface area contributed by atoms with Gasteiger partial charge < -0.3 is 10.6 Å². The zero-order chi connectivity index (χ0) is 15.4. The molecule has 2 heterocycles. The fourth-order valence-electron chi connectivity index (χ4n) is 2.27. The van der Waals surface area contributed by atoms with Crippen molar-refractivity contribution in [3.05, 3.63) is 28.7 Å². The van der Waals surface area contributed by atoms with Crippen LogP contribution in [0.3, 0.4) is 0 Å². The van der Waals surface area contributed by atoms with Crippen molar-refractivity contribution in [2.45, 2.75) is 34.5 Å². The van der Waals surface area contributed by atoms with E-state index in [-0.39, 0.29) is 11.9 Å². The summed E-state index contributed by atoms with van der Waals surface area (Å²) in [6.45, 7) is 0.899. The zero-order valence-electron chi connectivity index (χ0n) is 11.7. The summed E-state index contributed by atoms with van der Waals surface area (Å²) in [4.78, 5) is 13.1. The first-order valence-corrected chi connectivity index (χ1v) is 9.07. The molecule has 0 radical (unpaired) electrons. The van der Waals surface area contributed by atoms with Crippen LogP contribution in [0.4, 0.5) is 5.69 Å². The van der Waals surface area contributed by atoms with E-state index in [1.54, 1.807) is 11.6 Å². The molecule has 0 aliphatic carbocycles. The van der Waals surface area contributed by atoms with Gasteiger partial charge in [-0.05, 0) is 37.6 Å². The Labute approximate surface area is 141 Å². The lowest BCUT2D eigenvalue weighted by molar-refractivity contribution is -0.118. The molecule has 5 nitrogen and oxygen atoms in total. The van der Waals surface area contributed by atoms with Gasteiger partial charge in [-0.3, -0.25) is 4.79 Å². The van der Waals surface area contributed by atoms with E-state index in [4.69, 9.17) is 11.6 Å². The number of aromatic nitrogens is 2. The van der Waals surface area contributed by atoms with Crippen molar-refractivity contribution < 1.29 is 4.79 Å². The summed E-state index contributed by atoms with van der Waals surface area (Å²) in [7, 11) is 0. The maximum Gasteiger partial charge on any atom is 0.241 e. The molecule has 1 aliphatic rings. The molecule has 2 aromatic rings. The Morgan fingerprint density at radius 2 is 2.36 bits per heavy atom. The quantitative estimate of drug-likeness (QED) is 0.880. The van der Waals surface area contributed by atoms with Crippen LogP contribution in [-0.4, -0.2) is 28.7 Å². The van der Waals surface area contributed by atoms with Crippen LogP contribution in [0.25, 0.3) is 0 Å². The van der Waals surface area contributed by atoms with Crippen LogP contribution in [0.5, 0.6) is 0 Å². The zero-order valence-corrected chi connectivity index (χ0v) is 14.1. The van der Waals surface area contributed by atoms with E-state index in [9.17, 15) is 4.79 Å². The van der Waals surface area contributed by atoms with Gasteiger partial charge in [-0.2, -0.15) is 0 Å². The molecule has 1 atom stereocenters. The van der Waals surface area contributed by atoms with Gasteiger partial charge in [0, 0.05) is 10.6 Å². The normalized spacial score (nSPS) is 18.1. The van der Waals surface area contributed by atoms with Gasteiger partial charge in [-0.15, -0.1) is 10.2 Å². The highest BCUT2D eigenvalue weighted by molar-refractivity contribution is 8.01. The molecule has 1 aromatic heterocycles. The second-order valence-electron chi connectivity index (χ2n) is 4.94. The van der Waals surface area contributed by atoms with Crippen molar-refractivity contribution in [1.82, 2.24) is 15.5 Å². The average molecular weight is 355 g/mol. The maximum atomic E-state index is 12.2. The minimum Gasteiger partial charge on any atom is -0.325 e. The summed E-state index contributed by atoms with van der Waals surface area (Å²) >= 11 is 9.21. The van der Waals surface area contributed by atoms with Crippen molar-refractivity contribution in [2.24, 2.45) is 0 Å². The molecule has 2 N–H and O–H groups in total. The van der Waals surface area contributed by atoms with E-state index in [1.807, 2.05) is 12.1 Å². The van der Waals surface area contributed by atoms with E-state index in [1.165, 1.54) is 23.1 Å². The molecule has 1 fully saturated rings. The number of amides is 1. The van der Waals surface area contributed by atoms with Gasteiger partial charge >= 0.3 is 0 Å². The van der Waals surface area contributed by atoms with E-state index >= 15 is 0 Å². The van der Waals surface area contributed by atoms with Crippen LogP contribution in [0.1, 0.15) is 19.3 Å². The van der Waals surface area contributed by atoms with Gasteiger partial charge in [0.2, 0.25) is 5.91 Å². The molecule has 1 unspecified atom stereocenters. The number of nitrogens with zero attached hydrogens (tertiary/aromatic N) is 2. The van der Waals surface area contributed by atoms with E-state index < -0.39 is 0 Å². The number of carbonyl (C=O) groups excluding carboxylic acids is 1. The molecule has 8 heteroatoms. The topological polar surface area (TPSA) is 66.9 Å². The molecule has 0 spiro atoms. The lowest BCUT2D eigenvalue weighted by Gasteiger charge is -2.22. The monoisotopic (exact) mass is 354 g/mol. The highest BCUT2D eigenvalue weighted by Crippen LogP contribution is 2.35. The highest BCUT2D eigenvalue weighted by atomic mass is 35.5. The van der Waals surface area contributed by atoms with E-state index in [0.29, 0.717) is 10.7 Å². The minimum absolute atomic E-state index is 0.000271. The molecule has 1 saturated heterocycles. The van der Waals surface area contributed by atoms with Gasteiger partial charge in [0.15, 0.2) is 4.34 Å². The predicted octanol–water partition coefficient (Wildman–Crippen LogP) is 3.42. The Kier molecular flexibility index (Phi) is 5.30. The van der Waals surface area contributed by atoms with E-state index in [2.05, 4.69) is 20.8 Å². The van der Waals surface area contributed by atoms with Crippen LogP contribution in [0.2, 0.25) is 5.02 Å². The Bertz CT molecular complexity index is 644. The van der Waals surface area contributed by atoms with Gasteiger partial charge in [-0.25, -0.2) is 0 Å². The summed E-state index contributed by atoms with van der Waals surface area (Å²) in [5, 5.41) is 14.5. The third-order valence-electron chi connectivity index (χ3n) is 3.36. The lowest BCUT2D eigenvalue weighted by atomic mass is 10.0. The number of nitrogens with one attached hydrogen (secondary N) is 2. The molecule has 0 saturated carbocycles. The van der Waals surface area contributed by atoms with Crippen LogP contribution in [-0.2, 0) is 4.79 Å². The number of piperidine rings is 1. The Balaban J connectivity index is 1.65.